The number of thioether (sulfide) groups is 1. The van der Waals surface area contributed by atoms with Gasteiger partial charge in [0.05, 0.1) is 4.92 Å². The number of amides is 2. The van der Waals surface area contributed by atoms with Gasteiger partial charge in [0.2, 0.25) is 0 Å². The molecule has 2 aromatic rings. The van der Waals surface area contributed by atoms with Gasteiger partial charge in [0, 0.05) is 17.2 Å². The van der Waals surface area contributed by atoms with Crippen molar-refractivity contribution in [2.24, 2.45) is 0 Å². The van der Waals surface area contributed by atoms with Crippen LogP contribution in [0.4, 0.5) is 5.69 Å². The largest absolute Gasteiger partial charge is 0.480 e. The van der Waals surface area contributed by atoms with Gasteiger partial charge in [0.25, 0.3) is 11.8 Å². The lowest BCUT2D eigenvalue weighted by atomic mass is 9.86. The quantitative estimate of drug-likeness (QED) is 0.321. The van der Waals surface area contributed by atoms with Gasteiger partial charge in [0.15, 0.2) is 11.9 Å². The van der Waals surface area contributed by atoms with Crippen LogP contribution in [0.5, 0.6) is 5.75 Å². The average molecular weight is 500 g/mol. The molecular formula is C24H25N3O7S. The van der Waals surface area contributed by atoms with E-state index in [0.717, 1.165) is 5.56 Å². The minimum Gasteiger partial charge on any atom is -0.480 e. The van der Waals surface area contributed by atoms with Crippen molar-refractivity contribution in [2.45, 2.75) is 55.0 Å². The lowest BCUT2D eigenvalue weighted by Crippen LogP contribution is -2.78. The Morgan fingerprint density at radius 2 is 1.80 bits per heavy atom. The first-order valence-electron chi connectivity index (χ1n) is 10.9. The van der Waals surface area contributed by atoms with Crippen molar-refractivity contribution in [3.8, 4) is 5.75 Å². The van der Waals surface area contributed by atoms with E-state index in [0.29, 0.717) is 0 Å². The van der Waals surface area contributed by atoms with Gasteiger partial charge in [-0.15, -0.1) is 11.8 Å². The highest BCUT2D eigenvalue weighted by molar-refractivity contribution is 8.01. The molecule has 0 bridgehead atoms. The lowest BCUT2D eigenvalue weighted by Gasteiger charge is -2.51. The van der Waals surface area contributed by atoms with E-state index >= 15 is 0 Å². The summed E-state index contributed by atoms with van der Waals surface area (Å²) in [6.45, 7) is 5.06. The van der Waals surface area contributed by atoms with Gasteiger partial charge < -0.3 is 20.1 Å². The van der Waals surface area contributed by atoms with Crippen molar-refractivity contribution in [3.63, 3.8) is 0 Å². The predicted octanol–water partition coefficient (Wildman–Crippen LogP) is 2.61. The normalized spacial score (nSPS) is 25.2. The van der Waals surface area contributed by atoms with Crippen molar-refractivity contribution >= 4 is 35.2 Å². The summed E-state index contributed by atoms with van der Waals surface area (Å²) in [5, 5.41) is 23.3. The number of nitro benzene ring substituents is 1. The SMILES string of the molecule is CC1(C)S[C@H]2N(C(=O)[C@]2(C)NC(=O)C(Cc2ccccc2)Oc2ccccc2[N+](=O)[O-])[C@H]1C(=O)O. The fraction of sp³-hybridized carbons (Fsp3) is 0.375. The number of nitrogens with one attached hydrogen (secondary N) is 1. The number of para-hydroxylation sites is 2. The Hall–Kier alpha value is -3.60. The zero-order chi connectivity index (χ0) is 25.5. The number of fused-ring (bicyclic) bond motifs is 1. The first kappa shape index (κ1) is 24.5. The summed E-state index contributed by atoms with van der Waals surface area (Å²) in [6.07, 6.45) is -1.07. The lowest BCUT2D eigenvalue weighted by molar-refractivity contribution is -0.386. The van der Waals surface area contributed by atoms with Crippen LogP contribution in [0.25, 0.3) is 0 Å². The third kappa shape index (κ3) is 4.31. The van der Waals surface area contributed by atoms with E-state index in [-0.39, 0.29) is 17.9 Å². The summed E-state index contributed by atoms with van der Waals surface area (Å²) in [6, 6.07) is 13.8. The van der Waals surface area contributed by atoms with Gasteiger partial charge in [0.1, 0.15) is 17.0 Å². The number of ether oxygens (including phenoxy) is 1. The molecule has 2 aromatic carbocycles. The molecule has 2 aliphatic heterocycles. The van der Waals surface area contributed by atoms with Gasteiger partial charge in [-0.3, -0.25) is 19.7 Å². The molecule has 2 fully saturated rings. The summed E-state index contributed by atoms with van der Waals surface area (Å²) >= 11 is 1.31. The molecule has 0 saturated carbocycles. The molecule has 11 heteroatoms. The molecule has 2 heterocycles. The zero-order valence-corrected chi connectivity index (χ0v) is 20.2. The van der Waals surface area contributed by atoms with Gasteiger partial charge in [-0.2, -0.15) is 0 Å². The molecular weight excluding hydrogens is 474 g/mol. The van der Waals surface area contributed by atoms with E-state index in [1.54, 1.807) is 51.1 Å². The summed E-state index contributed by atoms with van der Waals surface area (Å²) < 4.78 is 5.10. The fourth-order valence-electron chi connectivity index (χ4n) is 4.55. The first-order chi connectivity index (χ1) is 16.5. The van der Waals surface area contributed by atoms with Crippen LogP contribution in [0.1, 0.15) is 26.3 Å². The number of carboxylic acids is 1. The highest BCUT2D eigenvalue weighted by atomic mass is 32.2. The van der Waals surface area contributed by atoms with E-state index in [1.165, 1.54) is 34.9 Å². The van der Waals surface area contributed by atoms with E-state index in [1.807, 2.05) is 6.07 Å². The van der Waals surface area contributed by atoms with Crippen LogP contribution in [0.3, 0.4) is 0 Å². The second kappa shape index (κ2) is 8.88. The molecule has 35 heavy (non-hydrogen) atoms. The number of rotatable bonds is 8. The van der Waals surface area contributed by atoms with Gasteiger partial charge in [-0.05, 0) is 32.4 Å². The Balaban J connectivity index is 1.60. The van der Waals surface area contributed by atoms with Crippen molar-refractivity contribution in [2.75, 3.05) is 0 Å². The maximum Gasteiger partial charge on any atom is 0.327 e. The molecule has 0 radical (unpaired) electrons. The highest BCUT2D eigenvalue weighted by Gasteiger charge is 2.70. The van der Waals surface area contributed by atoms with Crippen molar-refractivity contribution in [1.82, 2.24) is 10.2 Å². The van der Waals surface area contributed by atoms with Crippen molar-refractivity contribution in [1.29, 1.82) is 0 Å². The standard InChI is InChI=1S/C24H25N3O7S/c1-23(2)18(20(29)30)26-21(31)24(3,22(26)35-23)25-19(28)17(13-14-9-5-4-6-10-14)34-16-12-8-7-11-15(16)27(32)33/h4-12,17-18,22H,13H2,1-3H3,(H,25,28)(H,29,30)/t17?,18-,22+,24-/m0/s1. The Morgan fingerprint density at radius 3 is 2.43 bits per heavy atom. The fourth-order valence-corrected chi connectivity index (χ4v) is 6.20. The van der Waals surface area contributed by atoms with Crippen LogP contribution in [-0.2, 0) is 20.8 Å². The number of aliphatic carboxylic acids is 1. The molecule has 0 aromatic heterocycles. The summed E-state index contributed by atoms with van der Waals surface area (Å²) in [5.41, 5.74) is -0.863. The van der Waals surface area contributed by atoms with Crippen LogP contribution in [0, 0.1) is 10.1 Å². The maximum atomic E-state index is 13.5. The van der Waals surface area contributed by atoms with Crippen molar-refractivity contribution < 1.29 is 29.2 Å². The van der Waals surface area contributed by atoms with Crippen LogP contribution < -0.4 is 10.1 Å². The second-order valence-corrected chi connectivity index (χ2v) is 11.0. The number of β-lactam (4-membered cyclic amide) rings is 1. The smallest absolute Gasteiger partial charge is 0.327 e. The summed E-state index contributed by atoms with van der Waals surface area (Å²) in [4.78, 5) is 50.5. The number of carbonyl (C=O) groups is 3. The Bertz CT molecular complexity index is 1190. The Labute approximate surface area is 205 Å². The molecule has 1 unspecified atom stereocenters. The van der Waals surface area contributed by atoms with E-state index in [4.69, 9.17) is 4.74 Å². The highest BCUT2D eigenvalue weighted by Crippen LogP contribution is 2.54. The molecule has 10 nitrogen and oxygen atoms in total. The first-order valence-corrected chi connectivity index (χ1v) is 11.8. The molecule has 4 rings (SSSR count). The van der Waals surface area contributed by atoms with Gasteiger partial charge in [-0.1, -0.05) is 42.5 Å². The zero-order valence-electron chi connectivity index (χ0n) is 19.3. The number of nitrogens with zero attached hydrogens (tertiary/aromatic N) is 2. The van der Waals surface area contributed by atoms with Crippen LogP contribution >= 0.6 is 11.8 Å². The molecule has 2 aliphatic rings. The monoisotopic (exact) mass is 499 g/mol. The summed E-state index contributed by atoms with van der Waals surface area (Å²) in [7, 11) is 0. The minimum absolute atomic E-state index is 0.0670. The number of carboxylic acid groups (broad SMARTS) is 1. The van der Waals surface area contributed by atoms with Crippen molar-refractivity contribution in [3.05, 3.63) is 70.3 Å². The molecule has 0 spiro atoms. The van der Waals surface area contributed by atoms with Crippen LogP contribution in [-0.4, -0.2) is 60.5 Å². The average Bonchev–Trinajstić information content (AvgIpc) is 3.09. The van der Waals surface area contributed by atoms with E-state index < -0.39 is 50.5 Å². The van der Waals surface area contributed by atoms with Gasteiger partial charge >= 0.3 is 11.7 Å². The molecule has 0 aliphatic carbocycles. The summed E-state index contributed by atoms with van der Waals surface area (Å²) in [5.74, 6) is -2.29. The number of carbonyl (C=O) groups excluding carboxylic acids is 2. The maximum absolute atomic E-state index is 13.5. The third-order valence-corrected chi connectivity index (χ3v) is 8.03. The predicted molar refractivity (Wildman–Crippen MR) is 128 cm³/mol. The molecule has 2 N–H and O–H groups in total. The second-order valence-electron chi connectivity index (χ2n) is 9.24. The van der Waals surface area contributed by atoms with E-state index in [2.05, 4.69) is 5.32 Å². The molecule has 2 amide bonds. The topological polar surface area (TPSA) is 139 Å². The van der Waals surface area contributed by atoms with Crippen LogP contribution in [0.15, 0.2) is 54.6 Å². The molecule has 184 valence electrons. The number of hydrogen-bond acceptors (Lipinski definition) is 7. The Morgan fingerprint density at radius 1 is 1.17 bits per heavy atom. The minimum atomic E-state index is -1.34. The third-order valence-electron chi connectivity index (χ3n) is 6.28. The Kier molecular flexibility index (Phi) is 6.22. The number of nitro groups is 1. The number of hydrogen-bond donors (Lipinski definition) is 2. The van der Waals surface area contributed by atoms with Gasteiger partial charge in [-0.25, -0.2) is 4.79 Å². The molecule has 4 atom stereocenters. The molecule has 2 saturated heterocycles. The number of benzene rings is 2. The van der Waals surface area contributed by atoms with Crippen LogP contribution in [0.2, 0.25) is 0 Å². The van der Waals surface area contributed by atoms with E-state index in [9.17, 15) is 29.6 Å².